The molecule has 2 aromatic carbocycles. The molecule has 1 saturated heterocycles. The summed E-state index contributed by atoms with van der Waals surface area (Å²) in [6, 6.07) is 14.9. The fourth-order valence-electron chi connectivity index (χ4n) is 4.72. The van der Waals surface area contributed by atoms with Crippen LogP contribution >= 0.6 is 0 Å². The van der Waals surface area contributed by atoms with Crippen molar-refractivity contribution in [1.29, 1.82) is 0 Å². The average molecular weight is 487 g/mol. The molecule has 1 aliphatic heterocycles. The molecule has 0 amide bonds. The molecule has 0 bridgehead atoms. The van der Waals surface area contributed by atoms with Gasteiger partial charge in [-0.25, -0.2) is 9.67 Å². The van der Waals surface area contributed by atoms with E-state index in [0.29, 0.717) is 48.3 Å². The Kier molecular flexibility index (Phi) is 5.62. The molecule has 0 aliphatic carbocycles. The van der Waals surface area contributed by atoms with Crippen LogP contribution in [0.3, 0.4) is 0 Å². The van der Waals surface area contributed by atoms with Crippen molar-refractivity contribution < 1.29 is 15.3 Å². The molecule has 3 aromatic heterocycles. The third-order valence-electron chi connectivity index (χ3n) is 6.57. The Labute approximate surface area is 206 Å². The Bertz CT molecular complexity index is 1520. The van der Waals surface area contributed by atoms with Crippen molar-refractivity contribution in [2.24, 2.45) is 0 Å². The molecule has 6 rings (SSSR count). The van der Waals surface area contributed by atoms with Crippen LogP contribution in [-0.2, 0) is 13.2 Å². The van der Waals surface area contributed by atoms with E-state index in [9.17, 15) is 15.3 Å². The van der Waals surface area contributed by atoms with E-state index in [1.807, 2.05) is 41.0 Å². The van der Waals surface area contributed by atoms with Crippen LogP contribution < -0.4 is 9.80 Å². The lowest BCUT2D eigenvalue weighted by Gasteiger charge is -2.36. The van der Waals surface area contributed by atoms with Crippen LogP contribution in [0.5, 0.6) is 5.75 Å². The lowest BCUT2D eigenvalue weighted by molar-refractivity contribution is 0.277. The fourth-order valence-corrected chi connectivity index (χ4v) is 4.72. The molecule has 5 aromatic rings. The molecule has 4 heterocycles. The summed E-state index contributed by atoms with van der Waals surface area (Å²) in [4.78, 5) is 18.7. The quantitative estimate of drug-likeness (QED) is 0.328. The van der Waals surface area contributed by atoms with Gasteiger partial charge in [-0.2, -0.15) is 15.1 Å². The summed E-state index contributed by atoms with van der Waals surface area (Å²) < 4.78 is 3.53. The van der Waals surface area contributed by atoms with Gasteiger partial charge in [0.1, 0.15) is 5.75 Å². The number of phenolic OH excluding ortho intramolecular Hbond substituents is 1. The Hall–Kier alpha value is -4.22. The maximum absolute atomic E-state index is 9.89. The minimum atomic E-state index is -0.188. The smallest absolute Gasteiger partial charge is 0.229 e. The molecule has 0 radical (unpaired) electrons. The van der Waals surface area contributed by atoms with Crippen molar-refractivity contribution in [3.63, 3.8) is 0 Å². The van der Waals surface area contributed by atoms with E-state index in [4.69, 9.17) is 9.97 Å². The maximum Gasteiger partial charge on any atom is 0.229 e. The van der Waals surface area contributed by atoms with Gasteiger partial charge < -0.3 is 29.7 Å². The zero-order valence-electron chi connectivity index (χ0n) is 19.6. The number of aromatic nitrogens is 6. The van der Waals surface area contributed by atoms with Crippen LogP contribution in [0.15, 0.2) is 54.9 Å². The molecule has 1 fully saturated rings. The topological polar surface area (TPSA) is 129 Å². The molecule has 11 nitrogen and oxygen atoms in total. The van der Waals surface area contributed by atoms with Crippen molar-refractivity contribution in [3.8, 4) is 11.6 Å². The molecular weight excluding hydrogens is 460 g/mol. The van der Waals surface area contributed by atoms with Gasteiger partial charge >= 0.3 is 0 Å². The van der Waals surface area contributed by atoms with Crippen LogP contribution in [0.25, 0.3) is 27.9 Å². The van der Waals surface area contributed by atoms with Gasteiger partial charge in [0.2, 0.25) is 5.95 Å². The van der Waals surface area contributed by atoms with Crippen molar-refractivity contribution in [2.45, 2.75) is 13.2 Å². The van der Waals surface area contributed by atoms with E-state index in [-0.39, 0.29) is 19.0 Å². The predicted molar refractivity (Wildman–Crippen MR) is 135 cm³/mol. The van der Waals surface area contributed by atoms with Crippen molar-refractivity contribution in [2.75, 3.05) is 42.6 Å². The second kappa shape index (κ2) is 9.10. The van der Waals surface area contributed by atoms with E-state index >= 15 is 0 Å². The Morgan fingerprint density at radius 2 is 1.61 bits per heavy atom. The number of aliphatic hydroxyl groups is 2. The largest absolute Gasteiger partial charge is 0.508 e. The first-order valence-corrected chi connectivity index (χ1v) is 11.9. The molecule has 3 N–H and O–H groups in total. The van der Waals surface area contributed by atoms with Gasteiger partial charge in [0.05, 0.1) is 30.8 Å². The van der Waals surface area contributed by atoms with Gasteiger partial charge in [-0.3, -0.25) is 0 Å². The number of aromatic hydroxyl groups is 1. The van der Waals surface area contributed by atoms with Crippen LogP contribution in [0.2, 0.25) is 0 Å². The Balaban J connectivity index is 1.41. The van der Waals surface area contributed by atoms with Gasteiger partial charge in [0, 0.05) is 43.8 Å². The molecular formula is C25H26N8O3. The number of hydrogen-bond acceptors (Lipinski definition) is 9. The first-order valence-electron chi connectivity index (χ1n) is 11.9. The Morgan fingerprint density at radius 1 is 0.861 bits per heavy atom. The number of anilines is 2. The first kappa shape index (κ1) is 22.3. The Morgan fingerprint density at radius 3 is 2.36 bits per heavy atom. The van der Waals surface area contributed by atoms with E-state index in [2.05, 4.69) is 19.9 Å². The van der Waals surface area contributed by atoms with Crippen LogP contribution in [0.1, 0.15) is 5.69 Å². The number of imidazole rings is 1. The predicted octanol–water partition coefficient (Wildman–Crippen LogP) is 1.68. The van der Waals surface area contributed by atoms with Crippen LogP contribution in [0.4, 0.5) is 11.6 Å². The number of phenols is 1. The van der Waals surface area contributed by atoms with E-state index < -0.39 is 0 Å². The molecule has 1 aliphatic rings. The van der Waals surface area contributed by atoms with Gasteiger partial charge in [-0.1, -0.05) is 18.2 Å². The highest BCUT2D eigenvalue weighted by molar-refractivity contribution is 5.87. The third-order valence-corrected chi connectivity index (χ3v) is 6.57. The zero-order chi connectivity index (χ0) is 24.6. The number of aliphatic hydroxyl groups excluding tert-OH is 2. The van der Waals surface area contributed by atoms with Crippen molar-refractivity contribution in [1.82, 2.24) is 29.3 Å². The van der Waals surface area contributed by atoms with Gasteiger partial charge in [-0.05, 0) is 30.3 Å². The highest BCUT2D eigenvalue weighted by atomic mass is 16.3. The summed E-state index contributed by atoms with van der Waals surface area (Å²) in [6.45, 7) is 3.11. The highest BCUT2D eigenvalue weighted by Gasteiger charge is 2.24. The van der Waals surface area contributed by atoms with E-state index in [1.165, 1.54) is 0 Å². The number of piperazine rings is 1. The SMILES string of the molecule is OCCn1cnc2c(-n3nc(CO)c4ccccc43)nc(N3CCN(c4ccc(O)cc4)CC3)nc21. The molecule has 0 spiro atoms. The van der Waals surface area contributed by atoms with E-state index in [0.717, 1.165) is 29.7 Å². The molecule has 36 heavy (non-hydrogen) atoms. The first-order chi connectivity index (χ1) is 17.7. The molecule has 11 heteroatoms. The maximum atomic E-state index is 9.89. The zero-order valence-corrected chi connectivity index (χ0v) is 19.6. The summed E-state index contributed by atoms with van der Waals surface area (Å²) >= 11 is 0. The molecule has 0 unspecified atom stereocenters. The summed E-state index contributed by atoms with van der Waals surface area (Å²) in [7, 11) is 0. The minimum Gasteiger partial charge on any atom is -0.508 e. The van der Waals surface area contributed by atoms with Crippen molar-refractivity contribution in [3.05, 3.63) is 60.6 Å². The number of para-hydroxylation sites is 1. The van der Waals surface area contributed by atoms with Crippen LogP contribution in [-0.4, -0.2) is 77.4 Å². The van der Waals surface area contributed by atoms with E-state index in [1.54, 1.807) is 23.1 Å². The molecule has 0 saturated carbocycles. The summed E-state index contributed by atoms with van der Waals surface area (Å²) in [5.41, 5.74) is 3.64. The lowest BCUT2D eigenvalue weighted by atomic mass is 10.2. The summed E-state index contributed by atoms with van der Waals surface area (Å²) in [6.07, 6.45) is 1.66. The minimum absolute atomic E-state index is 0.0369. The number of nitrogens with zero attached hydrogens (tertiary/aromatic N) is 8. The lowest BCUT2D eigenvalue weighted by Crippen LogP contribution is -2.47. The molecule has 184 valence electrons. The second-order valence-corrected chi connectivity index (χ2v) is 8.71. The number of benzene rings is 2. The number of hydrogen-bond donors (Lipinski definition) is 3. The monoisotopic (exact) mass is 486 g/mol. The summed E-state index contributed by atoms with van der Waals surface area (Å²) in [5, 5.41) is 34.6. The average Bonchev–Trinajstić information content (AvgIpc) is 3.50. The standard InChI is InChI=1S/C25H26N8O3/c34-14-13-32-16-26-22-23(32)27-25(31-11-9-30(10-12-31)17-5-7-18(36)8-6-17)28-24(22)33-21-4-2-1-3-19(21)20(15-35)29-33/h1-8,16,34-36H,9-15H2. The summed E-state index contributed by atoms with van der Waals surface area (Å²) in [5.74, 6) is 1.35. The number of fused-ring (bicyclic) bond motifs is 2. The third kappa shape index (κ3) is 3.78. The van der Waals surface area contributed by atoms with Crippen molar-refractivity contribution >= 4 is 33.7 Å². The van der Waals surface area contributed by atoms with Gasteiger partial charge in [-0.15, -0.1) is 0 Å². The van der Waals surface area contributed by atoms with Gasteiger partial charge in [0.15, 0.2) is 17.0 Å². The van der Waals surface area contributed by atoms with Gasteiger partial charge in [0.25, 0.3) is 0 Å². The highest BCUT2D eigenvalue weighted by Crippen LogP contribution is 2.28. The number of rotatable bonds is 6. The normalized spacial score (nSPS) is 14.3. The molecule has 0 atom stereocenters. The van der Waals surface area contributed by atoms with Crippen LogP contribution in [0, 0.1) is 0 Å². The second-order valence-electron chi connectivity index (χ2n) is 8.71. The fraction of sp³-hybridized carbons (Fsp3) is 0.280.